The van der Waals surface area contributed by atoms with Gasteiger partial charge in [0.2, 0.25) is 5.95 Å². The number of rotatable bonds is 5. The van der Waals surface area contributed by atoms with Crippen LogP contribution in [0.3, 0.4) is 0 Å². The summed E-state index contributed by atoms with van der Waals surface area (Å²) >= 11 is 0. The zero-order chi connectivity index (χ0) is 23.1. The van der Waals surface area contributed by atoms with Crippen LogP contribution in [0.25, 0.3) is 11.4 Å². The Morgan fingerprint density at radius 3 is 2.58 bits per heavy atom. The van der Waals surface area contributed by atoms with Crippen molar-refractivity contribution in [1.29, 1.82) is 0 Å². The van der Waals surface area contributed by atoms with E-state index >= 15 is 0 Å². The number of carbonyl (C=O) groups is 1. The molecule has 1 aromatic heterocycles. The number of ketones is 1. The Morgan fingerprint density at radius 1 is 1.12 bits per heavy atom. The molecule has 0 saturated heterocycles. The van der Waals surface area contributed by atoms with E-state index in [1.807, 2.05) is 0 Å². The van der Waals surface area contributed by atoms with E-state index in [9.17, 15) is 14.9 Å². The minimum atomic E-state index is -0.613. The second-order valence-corrected chi connectivity index (χ2v) is 7.85. The van der Waals surface area contributed by atoms with Crippen LogP contribution >= 0.6 is 0 Å². The SMILES string of the molecule is COc1cc(OC)cc(-c2nc3n(n2)C(c2cccc([N+](=O)[O-])c2)C2=C(CCCC2=O)N3)c1. The number of fused-ring (bicyclic) bond motifs is 1. The molecule has 33 heavy (non-hydrogen) atoms. The molecule has 168 valence electrons. The number of anilines is 1. The summed E-state index contributed by atoms with van der Waals surface area (Å²) < 4.78 is 12.4. The Labute approximate surface area is 189 Å². The molecule has 10 nitrogen and oxygen atoms in total. The molecule has 2 aromatic carbocycles. The van der Waals surface area contributed by atoms with Gasteiger partial charge >= 0.3 is 0 Å². The second kappa shape index (κ2) is 8.05. The van der Waals surface area contributed by atoms with Gasteiger partial charge < -0.3 is 14.8 Å². The van der Waals surface area contributed by atoms with Gasteiger partial charge in [0.25, 0.3) is 5.69 Å². The van der Waals surface area contributed by atoms with Gasteiger partial charge in [-0.15, -0.1) is 5.10 Å². The number of nitro groups is 1. The molecule has 1 N–H and O–H groups in total. The highest BCUT2D eigenvalue weighted by molar-refractivity contribution is 5.99. The van der Waals surface area contributed by atoms with Crippen molar-refractivity contribution in [3.05, 3.63) is 69.4 Å². The average molecular weight is 447 g/mol. The third-order valence-electron chi connectivity index (χ3n) is 5.87. The van der Waals surface area contributed by atoms with Gasteiger partial charge in [0, 0.05) is 41.5 Å². The predicted octanol–water partition coefficient (Wildman–Crippen LogP) is 3.89. The molecule has 0 radical (unpaired) electrons. The van der Waals surface area contributed by atoms with Crippen LogP contribution in [0.15, 0.2) is 53.7 Å². The van der Waals surface area contributed by atoms with E-state index in [4.69, 9.17) is 14.6 Å². The lowest BCUT2D eigenvalue weighted by molar-refractivity contribution is -0.384. The van der Waals surface area contributed by atoms with Crippen molar-refractivity contribution >= 4 is 17.4 Å². The number of non-ortho nitro benzene ring substituents is 1. The third kappa shape index (κ3) is 3.59. The summed E-state index contributed by atoms with van der Waals surface area (Å²) in [5.74, 6) is 2.07. The molecule has 0 amide bonds. The summed E-state index contributed by atoms with van der Waals surface area (Å²) in [4.78, 5) is 28.6. The number of allylic oxidation sites excluding steroid dienone is 2. The van der Waals surface area contributed by atoms with Gasteiger partial charge in [-0.25, -0.2) is 4.68 Å². The fourth-order valence-corrected chi connectivity index (χ4v) is 4.33. The standard InChI is InChI=1S/C23H21N5O5/c1-32-16-10-14(11-17(12-16)33-2)22-25-23-24-18-7-4-8-19(29)20(18)21(27(23)26-22)13-5-3-6-15(9-13)28(30)31/h3,5-6,9-12,21H,4,7-8H2,1-2H3,(H,24,25,26). The maximum absolute atomic E-state index is 13.0. The molecule has 2 heterocycles. The molecule has 5 rings (SSSR count). The van der Waals surface area contributed by atoms with Crippen molar-refractivity contribution in [3.8, 4) is 22.9 Å². The number of nitrogens with one attached hydrogen (secondary N) is 1. The molecule has 1 aliphatic carbocycles. The molecule has 0 saturated carbocycles. The van der Waals surface area contributed by atoms with E-state index in [1.165, 1.54) is 12.1 Å². The van der Waals surface area contributed by atoms with Crippen LogP contribution in [0.1, 0.15) is 30.9 Å². The molecule has 1 aliphatic heterocycles. The largest absolute Gasteiger partial charge is 0.497 e. The number of ether oxygens (including phenoxy) is 2. The zero-order valence-corrected chi connectivity index (χ0v) is 18.1. The number of hydrogen-bond acceptors (Lipinski definition) is 8. The van der Waals surface area contributed by atoms with Crippen molar-refractivity contribution < 1.29 is 19.2 Å². The summed E-state index contributed by atoms with van der Waals surface area (Å²) in [5, 5.41) is 19.4. The van der Waals surface area contributed by atoms with Crippen LogP contribution in [0.4, 0.5) is 11.6 Å². The number of benzene rings is 2. The topological polar surface area (TPSA) is 121 Å². The minimum Gasteiger partial charge on any atom is -0.497 e. The second-order valence-electron chi connectivity index (χ2n) is 7.85. The zero-order valence-electron chi connectivity index (χ0n) is 18.1. The molecule has 0 fully saturated rings. The fourth-order valence-electron chi connectivity index (χ4n) is 4.33. The van der Waals surface area contributed by atoms with Gasteiger partial charge in [-0.1, -0.05) is 12.1 Å². The van der Waals surface area contributed by atoms with Crippen LogP contribution in [0.5, 0.6) is 11.5 Å². The molecule has 3 aromatic rings. The van der Waals surface area contributed by atoms with Crippen molar-refractivity contribution in [2.45, 2.75) is 25.3 Å². The monoisotopic (exact) mass is 447 g/mol. The normalized spacial score (nSPS) is 17.2. The number of nitro benzene ring substituents is 1. The Hall–Kier alpha value is -4.21. The number of carbonyl (C=O) groups excluding carboxylic acids is 1. The smallest absolute Gasteiger partial charge is 0.269 e. The molecular weight excluding hydrogens is 426 g/mol. The van der Waals surface area contributed by atoms with Gasteiger partial charge in [0.1, 0.15) is 17.5 Å². The van der Waals surface area contributed by atoms with E-state index in [-0.39, 0.29) is 11.5 Å². The van der Waals surface area contributed by atoms with Crippen LogP contribution in [-0.2, 0) is 4.79 Å². The Kier molecular flexibility index (Phi) is 5.04. The Bertz CT molecular complexity index is 1290. The van der Waals surface area contributed by atoms with Crippen LogP contribution in [-0.4, -0.2) is 39.7 Å². The fraction of sp³-hybridized carbons (Fsp3) is 0.261. The number of hydrogen-bond donors (Lipinski definition) is 1. The van der Waals surface area contributed by atoms with Crippen molar-refractivity contribution in [2.75, 3.05) is 19.5 Å². The lowest BCUT2D eigenvalue weighted by atomic mass is 9.85. The minimum absolute atomic E-state index is 0.00556. The maximum Gasteiger partial charge on any atom is 0.269 e. The quantitative estimate of drug-likeness (QED) is 0.462. The highest BCUT2D eigenvalue weighted by Crippen LogP contribution is 2.41. The maximum atomic E-state index is 13.0. The van der Waals surface area contributed by atoms with E-state index in [0.717, 1.165) is 12.1 Å². The lowest BCUT2D eigenvalue weighted by Gasteiger charge is -2.32. The van der Waals surface area contributed by atoms with Crippen LogP contribution in [0, 0.1) is 10.1 Å². The van der Waals surface area contributed by atoms with E-state index < -0.39 is 11.0 Å². The molecule has 1 atom stereocenters. The first-order valence-corrected chi connectivity index (χ1v) is 10.5. The number of Topliss-reactive ketones (excluding diaryl/α,β-unsaturated/α-hetero) is 1. The first kappa shape index (κ1) is 20.7. The average Bonchev–Trinajstić information content (AvgIpc) is 3.26. The van der Waals surface area contributed by atoms with Gasteiger partial charge in [0.05, 0.1) is 19.1 Å². The van der Waals surface area contributed by atoms with Crippen molar-refractivity contribution in [3.63, 3.8) is 0 Å². The molecule has 1 unspecified atom stereocenters. The summed E-state index contributed by atoms with van der Waals surface area (Å²) in [6.07, 6.45) is 1.86. The first-order valence-electron chi connectivity index (χ1n) is 10.5. The molecule has 10 heteroatoms. The van der Waals surface area contributed by atoms with Gasteiger partial charge in [-0.3, -0.25) is 14.9 Å². The van der Waals surface area contributed by atoms with E-state index in [0.29, 0.717) is 52.8 Å². The van der Waals surface area contributed by atoms with Crippen LogP contribution < -0.4 is 14.8 Å². The van der Waals surface area contributed by atoms with Gasteiger partial charge in [-0.2, -0.15) is 4.98 Å². The van der Waals surface area contributed by atoms with Gasteiger partial charge in [0.15, 0.2) is 11.6 Å². The number of methoxy groups -OCH3 is 2. The van der Waals surface area contributed by atoms with Crippen molar-refractivity contribution in [2.24, 2.45) is 0 Å². The summed E-state index contributed by atoms with van der Waals surface area (Å²) in [7, 11) is 3.13. The molecule has 0 spiro atoms. The summed E-state index contributed by atoms with van der Waals surface area (Å²) in [6, 6.07) is 11.0. The summed E-state index contributed by atoms with van der Waals surface area (Å²) in [5.41, 5.74) is 2.61. The molecule has 2 aliphatic rings. The highest BCUT2D eigenvalue weighted by Gasteiger charge is 2.37. The Balaban J connectivity index is 1.67. The van der Waals surface area contributed by atoms with E-state index in [1.54, 1.807) is 49.2 Å². The van der Waals surface area contributed by atoms with Crippen LogP contribution in [0.2, 0.25) is 0 Å². The van der Waals surface area contributed by atoms with Crippen molar-refractivity contribution in [1.82, 2.24) is 14.8 Å². The molecule has 0 bridgehead atoms. The lowest BCUT2D eigenvalue weighted by Crippen LogP contribution is -2.31. The van der Waals surface area contributed by atoms with E-state index in [2.05, 4.69) is 10.3 Å². The molecular formula is C23H21N5O5. The Morgan fingerprint density at radius 2 is 1.88 bits per heavy atom. The highest BCUT2D eigenvalue weighted by atomic mass is 16.6. The van der Waals surface area contributed by atoms with Gasteiger partial charge in [-0.05, 0) is 30.5 Å². The predicted molar refractivity (Wildman–Crippen MR) is 119 cm³/mol. The number of aromatic nitrogens is 3. The third-order valence-corrected chi connectivity index (χ3v) is 5.87. The summed E-state index contributed by atoms with van der Waals surface area (Å²) in [6.45, 7) is 0. The first-order chi connectivity index (χ1) is 16.0. The number of nitrogens with zero attached hydrogens (tertiary/aromatic N) is 4.